The van der Waals surface area contributed by atoms with Crippen molar-refractivity contribution in [1.29, 1.82) is 0 Å². The molecule has 34 heavy (non-hydrogen) atoms. The molecule has 0 saturated heterocycles. The van der Waals surface area contributed by atoms with Crippen molar-refractivity contribution in [3.8, 4) is 11.5 Å². The van der Waals surface area contributed by atoms with Crippen LogP contribution in [0.3, 0.4) is 0 Å². The predicted octanol–water partition coefficient (Wildman–Crippen LogP) is 5.23. The number of hydrogen-bond donors (Lipinski definition) is 0. The second kappa shape index (κ2) is 16.2. The van der Waals surface area contributed by atoms with Crippen molar-refractivity contribution < 1.29 is 33.2 Å². The van der Waals surface area contributed by atoms with Crippen molar-refractivity contribution in [3.05, 3.63) is 59.7 Å². The highest BCUT2D eigenvalue weighted by Crippen LogP contribution is 2.24. The van der Waals surface area contributed by atoms with E-state index in [2.05, 4.69) is 0 Å². The summed E-state index contributed by atoms with van der Waals surface area (Å²) in [5.41, 5.74) is 1.74. The van der Waals surface area contributed by atoms with Gasteiger partial charge in [0.25, 0.3) is 0 Å². The average molecular weight is 475 g/mol. The standard InChI is InChI=1S/C27H38O7/c1-5-29-15-17-31-21(3)19-23-11-7-9-13-25(23)33-27(28)34-26-14-10-8-12-24(26)20-22(4)32-18-16-30-6-2/h7-14,21-22H,5-6,15-20H2,1-4H3. The van der Waals surface area contributed by atoms with Gasteiger partial charge >= 0.3 is 6.16 Å². The van der Waals surface area contributed by atoms with Gasteiger partial charge in [0.1, 0.15) is 11.5 Å². The summed E-state index contributed by atoms with van der Waals surface area (Å²) in [5.74, 6) is 0.913. The molecule has 7 nitrogen and oxygen atoms in total. The van der Waals surface area contributed by atoms with E-state index in [-0.39, 0.29) is 12.2 Å². The third-order valence-electron chi connectivity index (χ3n) is 5.01. The van der Waals surface area contributed by atoms with Crippen molar-refractivity contribution >= 4 is 6.16 Å². The summed E-state index contributed by atoms with van der Waals surface area (Å²) >= 11 is 0. The Morgan fingerprint density at radius 3 is 1.50 bits per heavy atom. The van der Waals surface area contributed by atoms with E-state index in [1.54, 1.807) is 12.1 Å². The van der Waals surface area contributed by atoms with Gasteiger partial charge in [-0.3, -0.25) is 0 Å². The number of hydrogen-bond acceptors (Lipinski definition) is 7. The van der Waals surface area contributed by atoms with Crippen LogP contribution in [0.15, 0.2) is 48.5 Å². The van der Waals surface area contributed by atoms with Crippen LogP contribution in [0.25, 0.3) is 0 Å². The van der Waals surface area contributed by atoms with E-state index in [0.717, 1.165) is 11.1 Å². The minimum atomic E-state index is -0.783. The third kappa shape index (κ3) is 10.7. The van der Waals surface area contributed by atoms with Gasteiger partial charge < -0.3 is 28.4 Å². The summed E-state index contributed by atoms with van der Waals surface area (Å²) in [5, 5.41) is 0. The molecule has 2 atom stereocenters. The Labute approximate surface area is 203 Å². The highest BCUT2D eigenvalue weighted by Gasteiger charge is 2.16. The van der Waals surface area contributed by atoms with Gasteiger partial charge in [0.05, 0.1) is 38.6 Å². The highest BCUT2D eigenvalue weighted by atomic mass is 16.7. The molecule has 0 N–H and O–H groups in total. The number of carbonyl (C=O) groups excluding carboxylic acids is 1. The fraction of sp³-hybridized carbons (Fsp3) is 0.519. The Morgan fingerprint density at radius 2 is 1.09 bits per heavy atom. The summed E-state index contributed by atoms with van der Waals surface area (Å²) in [7, 11) is 0. The van der Waals surface area contributed by atoms with Gasteiger partial charge in [-0.15, -0.1) is 0 Å². The fourth-order valence-corrected chi connectivity index (χ4v) is 3.39. The van der Waals surface area contributed by atoms with Gasteiger partial charge in [-0.2, -0.15) is 0 Å². The summed E-state index contributed by atoms with van der Waals surface area (Å²) in [6, 6.07) is 14.8. The zero-order valence-electron chi connectivity index (χ0n) is 20.8. The molecule has 7 heteroatoms. The molecule has 188 valence electrons. The molecule has 0 amide bonds. The highest BCUT2D eigenvalue weighted by molar-refractivity contribution is 5.68. The first-order valence-corrected chi connectivity index (χ1v) is 12.0. The van der Waals surface area contributed by atoms with E-state index in [1.165, 1.54) is 0 Å². The lowest BCUT2D eigenvalue weighted by atomic mass is 10.1. The van der Waals surface area contributed by atoms with Crippen LogP contribution in [0.4, 0.5) is 4.79 Å². The SMILES string of the molecule is CCOCCOC(C)Cc1ccccc1OC(=O)Oc1ccccc1CC(C)OCCOCC. The number of carbonyl (C=O) groups is 1. The molecule has 0 aromatic heterocycles. The Balaban J connectivity index is 1.93. The average Bonchev–Trinajstić information content (AvgIpc) is 2.82. The van der Waals surface area contributed by atoms with Crippen LogP contribution in [-0.2, 0) is 31.8 Å². The monoisotopic (exact) mass is 474 g/mol. The summed E-state index contributed by atoms with van der Waals surface area (Å²) in [4.78, 5) is 12.6. The van der Waals surface area contributed by atoms with Crippen molar-refractivity contribution in [3.63, 3.8) is 0 Å². The molecule has 2 aromatic rings. The van der Waals surface area contributed by atoms with Crippen LogP contribution < -0.4 is 9.47 Å². The normalized spacial score (nSPS) is 12.8. The quantitative estimate of drug-likeness (QED) is 0.187. The van der Waals surface area contributed by atoms with E-state index >= 15 is 0 Å². The fourth-order valence-electron chi connectivity index (χ4n) is 3.39. The first-order chi connectivity index (χ1) is 16.5. The van der Waals surface area contributed by atoms with E-state index in [1.807, 2.05) is 64.1 Å². The van der Waals surface area contributed by atoms with Gasteiger partial charge in [0.2, 0.25) is 0 Å². The molecule has 0 heterocycles. The zero-order valence-corrected chi connectivity index (χ0v) is 20.8. The second-order valence-electron chi connectivity index (χ2n) is 7.83. The molecule has 0 aliphatic heterocycles. The van der Waals surface area contributed by atoms with E-state index in [9.17, 15) is 4.79 Å². The van der Waals surface area contributed by atoms with Gasteiger partial charge in [-0.05, 0) is 51.0 Å². The van der Waals surface area contributed by atoms with E-state index < -0.39 is 6.16 Å². The summed E-state index contributed by atoms with van der Waals surface area (Å²) < 4.78 is 33.3. The van der Waals surface area contributed by atoms with Crippen LogP contribution in [0.5, 0.6) is 11.5 Å². The van der Waals surface area contributed by atoms with Crippen molar-refractivity contribution in [2.75, 3.05) is 39.6 Å². The van der Waals surface area contributed by atoms with Gasteiger partial charge in [-0.25, -0.2) is 4.79 Å². The van der Waals surface area contributed by atoms with Crippen LogP contribution >= 0.6 is 0 Å². The Hall–Kier alpha value is -2.45. The third-order valence-corrected chi connectivity index (χ3v) is 5.01. The number of rotatable bonds is 16. The molecule has 0 spiro atoms. The molecule has 0 saturated carbocycles. The molecule has 0 aliphatic rings. The lowest BCUT2D eigenvalue weighted by molar-refractivity contribution is 0.0154. The van der Waals surface area contributed by atoms with E-state index in [0.29, 0.717) is 64.0 Å². The topological polar surface area (TPSA) is 72.5 Å². The van der Waals surface area contributed by atoms with Crippen LogP contribution in [-0.4, -0.2) is 58.0 Å². The van der Waals surface area contributed by atoms with Crippen LogP contribution in [0.1, 0.15) is 38.8 Å². The smallest absolute Gasteiger partial charge is 0.394 e. The minimum Gasteiger partial charge on any atom is -0.394 e. The first kappa shape index (κ1) is 27.8. The Kier molecular flexibility index (Phi) is 13.3. The Bertz CT molecular complexity index is 772. The van der Waals surface area contributed by atoms with Gasteiger partial charge in [0, 0.05) is 26.1 Å². The zero-order chi connectivity index (χ0) is 24.6. The molecule has 0 fully saturated rings. The van der Waals surface area contributed by atoms with E-state index in [4.69, 9.17) is 28.4 Å². The lowest BCUT2D eigenvalue weighted by Crippen LogP contribution is -2.19. The molecular formula is C27H38O7. The lowest BCUT2D eigenvalue weighted by Gasteiger charge is -2.17. The maximum Gasteiger partial charge on any atom is 0.519 e. The molecule has 2 unspecified atom stereocenters. The number of ether oxygens (including phenoxy) is 6. The molecule has 2 rings (SSSR count). The largest absolute Gasteiger partial charge is 0.519 e. The van der Waals surface area contributed by atoms with Crippen LogP contribution in [0.2, 0.25) is 0 Å². The maximum atomic E-state index is 12.6. The summed E-state index contributed by atoms with van der Waals surface area (Å²) in [6.07, 6.45) is 0.318. The van der Waals surface area contributed by atoms with Gasteiger partial charge in [-0.1, -0.05) is 36.4 Å². The summed E-state index contributed by atoms with van der Waals surface area (Å²) in [6.45, 7) is 11.3. The van der Waals surface area contributed by atoms with Crippen molar-refractivity contribution in [1.82, 2.24) is 0 Å². The number of para-hydroxylation sites is 2. The van der Waals surface area contributed by atoms with Crippen LogP contribution in [0, 0.1) is 0 Å². The molecule has 0 bridgehead atoms. The van der Waals surface area contributed by atoms with Crippen molar-refractivity contribution in [2.24, 2.45) is 0 Å². The second-order valence-corrected chi connectivity index (χ2v) is 7.83. The minimum absolute atomic E-state index is 0.0498. The molecular weight excluding hydrogens is 436 g/mol. The predicted molar refractivity (Wildman–Crippen MR) is 131 cm³/mol. The first-order valence-electron chi connectivity index (χ1n) is 12.0. The Morgan fingerprint density at radius 1 is 0.676 bits per heavy atom. The molecule has 0 aliphatic carbocycles. The molecule has 0 radical (unpaired) electrons. The van der Waals surface area contributed by atoms with Gasteiger partial charge in [0.15, 0.2) is 0 Å². The maximum absolute atomic E-state index is 12.6. The van der Waals surface area contributed by atoms with Crippen molar-refractivity contribution in [2.45, 2.75) is 52.7 Å². The molecule has 2 aromatic carbocycles. The number of benzene rings is 2.